The van der Waals surface area contributed by atoms with Crippen LogP contribution in [0.25, 0.3) is 0 Å². The van der Waals surface area contributed by atoms with Crippen molar-refractivity contribution in [3.8, 4) is 0 Å². The molecule has 0 spiro atoms. The molecule has 0 unspecified atom stereocenters. The predicted octanol–water partition coefficient (Wildman–Crippen LogP) is 1.72. The number of nitrogens with two attached hydrogens (primary N) is 1. The minimum Gasteiger partial charge on any atom is -0.326 e. The van der Waals surface area contributed by atoms with Crippen molar-refractivity contribution in [1.29, 1.82) is 0 Å². The largest absolute Gasteiger partial charge is 0.326 e. The Morgan fingerprint density at radius 1 is 1.11 bits per heavy atom. The zero-order valence-corrected chi connectivity index (χ0v) is 9.97. The van der Waals surface area contributed by atoms with Gasteiger partial charge < -0.3 is 11.1 Å². The molecule has 2 rings (SSSR count). The van der Waals surface area contributed by atoms with Gasteiger partial charge in [-0.15, -0.1) is 0 Å². The molecule has 0 aliphatic rings. The molecule has 0 saturated heterocycles. The fourth-order valence-electron chi connectivity index (χ4n) is 1.59. The highest BCUT2D eigenvalue weighted by molar-refractivity contribution is 5.91. The lowest BCUT2D eigenvalue weighted by Gasteiger charge is -2.05. The molecule has 0 saturated carbocycles. The van der Waals surface area contributed by atoms with Crippen LogP contribution in [-0.4, -0.2) is 10.9 Å². The van der Waals surface area contributed by atoms with Crippen LogP contribution >= 0.6 is 0 Å². The van der Waals surface area contributed by atoms with Gasteiger partial charge in [-0.25, -0.2) is 4.98 Å². The molecule has 4 nitrogen and oxygen atoms in total. The van der Waals surface area contributed by atoms with Gasteiger partial charge in [-0.3, -0.25) is 4.79 Å². The van der Waals surface area contributed by atoms with E-state index in [1.165, 1.54) is 0 Å². The summed E-state index contributed by atoms with van der Waals surface area (Å²) < 4.78 is 0. The second-order valence-electron chi connectivity index (χ2n) is 3.97. The molecule has 0 atom stereocenters. The Balaban J connectivity index is 1.94. The number of aromatic nitrogens is 1. The maximum Gasteiger partial charge on any atom is 0.229 e. The second kappa shape index (κ2) is 5.93. The van der Waals surface area contributed by atoms with Crippen LogP contribution in [0.3, 0.4) is 0 Å². The second-order valence-corrected chi connectivity index (χ2v) is 3.97. The van der Waals surface area contributed by atoms with Crippen molar-refractivity contribution in [2.75, 3.05) is 5.32 Å². The molecule has 0 bridgehead atoms. The molecule has 1 amide bonds. The number of nitrogens with one attached hydrogen (secondary N) is 1. The third-order valence-corrected chi connectivity index (χ3v) is 2.54. The fraction of sp³-hybridized carbons (Fsp3) is 0.143. The lowest BCUT2D eigenvalue weighted by atomic mass is 10.1. The van der Waals surface area contributed by atoms with Crippen LogP contribution in [0.4, 0.5) is 5.82 Å². The van der Waals surface area contributed by atoms with E-state index < -0.39 is 0 Å². The lowest BCUT2D eigenvalue weighted by Crippen LogP contribution is -2.15. The first-order valence-corrected chi connectivity index (χ1v) is 5.76. The third-order valence-electron chi connectivity index (χ3n) is 2.54. The zero-order valence-electron chi connectivity index (χ0n) is 9.97. The van der Waals surface area contributed by atoms with E-state index in [1.54, 1.807) is 12.3 Å². The summed E-state index contributed by atoms with van der Waals surface area (Å²) in [6.45, 7) is 0.450. The molecule has 18 heavy (non-hydrogen) atoms. The number of anilines is 1. The van der Waals surface area contributed by atoms with Crippen LogP contribution in [-0.2, 0) is 17.8 Å². The Kier molecular flexibility index (Phi) is 4.04. The molecule has 4 heteroatoms. The van der Waals surface area contributed by atoms with E-state index in [9.17, 15) is 4.79 Å². The average Bonchev–Trinajstić information content (AvgIpc) is 2.40. The number of amides is 1. The van der Waals surface area contributed by atoms with E-state index in [0.717, 1.165) is 11.1 Å². The maximum absolute atomic E-state index is 11.8. The highest BCUT2D eigenvalue weighted by atomic mass is 16.1. The molecule has 0 radical (unpaired) electrons. The zero-order chi connectivity index (χ0) is 12.8. The Hall–Kier alpha value is -2.20. The average molecular weight is 241 g/mol. The van der Waals surface area contributed by atoms with Crippen molar-refractivity contribution in [2.24, 2.45) is 5.73 Å². The summed E-state index contributed by atoms with van der Waals surface area (Å²) in [5.41, 5.74) is 7.40. The summed E-state index contributed by atoms with van der Waals surface area (Å²) in [6.07, 6.45) is 2.01. The van der Waals surface area contributed by atoms with Gasteiger partial charge >= 0.3 is 0 Å². The van der Waals surface area contributed by atoms with Gasteiger partial charge in [-0.2, -0.15) is 0 Å². The predicted molar refractivity (Wildman–Crippen MR) is 70.9 cm³/mol. The first-order valence-electron chi connectivity index (χ1n) is 5.76. The summed E-state index contributed by atoms with van der Waals surface area (Å²) >= 11 is 0. The number of hydrogen-bond acceptors (Lipinski definition) is 3. The normalized spacial score (nSPS) is 10.1. The van der Waals surface area contributed by atoms with E-state index in [1.807, 2.05) is 36.4 Å². The quantitative estimate of drug-likeness (QED) is 0.856. The molecule has 1 aromatic heterocycles. The van der Waals surface area contributed by atoms with Gasteiger partial charge in [-0.1, -0.05) is 36.4 Å². The molecule has 0 aliphatic heterocycles. The Morgan fingerprint density at radius 2 is 1.89 bits per heavy atom. The molecule has 1 aromatic carbocycles. The maximum atomic E-state index is 11.8. The highest BCUT2D eigenvalue weighted by Crippen LogP contribution is 2.06. The first kappa shape index (κ1) is 12.3. The molecule has 2 aromatic rings. The van der Waals surface area contributed by atoms with Gasteiger partial charge in [-0.05, 0) is 17.2 Å². The number of carbonyl (C=O) groups is 1. The van der Waals surface area contributed by atoms with Gasteiger partial charge in [0, 0.05) is 12.7 Å². The lowest BCUT2D eigenvalue weighted by molar-refractivity contribution is -0.115. The molecule has 3 N–H and O–H groups in total. The number of benzene rings is 1. The van der Waals surface area contributed by atoms with Gasteiger partial charge in [0.1, 0.15) is 5.82 Å². The van der Waals surface area contributed by atoms with Crippen LogP contribution < -0.4 is 11.1 Å². The van der Waals surface area contributed by atoms with Crippen molar-refractivity contribution >= 4 is 11.7 Å². The molecular weight excluding hydrogens is 226 g/mol. The van der Waals surface area contributed by atoms with Crippen molar-refractivity contribution in [1.82, 2.24) is 4.98 Å². The van der Waals surface area contributed by atoms with Crippen LogP contribution in [0.1, 0.15) is 11.1 Å². The monoisotopic (exact) mass is 241 g/mol. The Morgan fingerprint density at radius 3 is 2.50 bits per heavy atom. The fourth-order valence-corrected chi connectivity index (χ4v) is 1.59. The summed E-state index contributed by atoms with van der Waals surface area (Å²) in [5.74, 6) is 0.474. The van der Waals surface area contributed by atoms with Crippen molar-refractivity contribution in [3.63, 3.8) is 0 Å². The van der Waals surface area contributed by atoms with Crippen LogP contribution in [0.5, 0.6) is 0 Å². The SMILES string of the molecule is NCc1ccc(NC(=O)Cc2ccccc2)nc1. The molecule has 92 valence electrons. The summed E-state index contributed by atoms with van der Waals surface area (Å²) in [6, 6.07) is 13.2. The van der Waals surface area contributed by atoms with Crippen molar-refractivity contribution in [3.05, 3.63) is 59.8 Å². The topological polar surface area (TPSA) is 68.0 Å². The van der Waals surface area contributed by atoms with E-state index in [2.05, 4.69) is 10.3 Å². The molecule has 0 aliphatic carbocycles. The smallest absolute Gasteiger partial charge is 0.229 e. The van der Waals surface area contributed by atoms with Gasteiger partial charge in [0.15, 0.2) is 0 Å². The standard InChI is InChI=1S/C14H15N3O/c15-9-12-6-7-13(16-10-12)17-14(18)8-11-4-2-1-3-5-11/h1-7,10H,8-9,15H2,(H,16,17,18). The van der Waals surface area contributed by atoms with E-state index in [4.69, 9.17) is 5.73 Å². The molecular formula is C14H15N3O. The van der Waals surface area contributed by atoms with Crippen LogP contribution in [0, 0.1) is 0 Å². The number of nitrogens with zero attached hydrogens (tertiary/aromatic N) is 1. The van der Waals surface area contributed by atoms with Gasteiger partial charge in [0.2, 0.25) is 5.91 Å². The van der Waals surface area contributed by atoms with Gasteiger partial charge in [0.05, 0.1) is 6.42 Å². The summed E-state index contributed by atoms with van der Waals surface area (Å²) in [4.78, 5) is 15.9. The first-order chi connectivity index (χ1) is 8.78. The van der Waals surface area contributed by atoms with E-state index in [0.29, 0.717) is 18.8 Å². The van der Waals surface area contributed by atoms with Crippen LogP contribution in [0.2, 0.25) is 0 Å². The van der Waals surface area contributed by atoms with Crippen LogP contribution in [0.15, 0.2) is 48.7 Å². The minimum atomic E-state index is -0.0748. The number of hydrogen-bond donors (Lipinski definition) is 2. The Labute approximate surface area is 106 Å². The summed E-state index contributed by atoms with van der Waals surface area (Å²) in [5, 5.41) is 2.75. The highest BCUT2D eigenvalue weighted by Gasteiger charge is 2.04. The van der Waals surface area contributed by atoms with Gasteiger partial charge in [0.25, 0.3) is 0 Å². The van der Waals surface area contributed by atoms with E-state index >= 15 is 0 Å². The van der Waals surface area contributed by atoms with E-state index in [-0.39, 0.29) is 5.91 Å². The molecule has 0 fully saturated rings. The Bertz CT molecular complexity index is 508. The minimum absolute atomic E-state index is 0.0748. The molecule has 1 heterocycles. The number of carbonyl (C=O) groups excluding carboxylic acids is 1. The summed E-state index contributed by atoms with van der Waals surface area (Å²) in [7, 11) is 0. The third kappa shape index (κ3) is 3.40. The van der Waals surface area contributed by atoms with Crippen molar-refractivity contribution in [2.45, 2.75) is 13.0 Å². The van der Waals surface area contributed by atoms with Crippen molar-refractivity contribution < 1.29 is 4.79 Å². The number of rotatable bonds is 4. The number of pyridine rings is 1.